The Labute approximate surface area is 171 Å². The fraction of sp³-hybridized carbons (Fsp3) is 0. The van der Waals surface area contributed by atoms with Crippen LogP contribution in [-0.4, -0.2) is 11.9 Å². The molecule has 142 valence electrons. The molecule has 4 aromatic carbocycles. The molecule has 2 aromatic heterocycles. The van der Waals surface area contributed by atoms with Gasteiger partial charge in [0.1, 0.15) is 22.3 Å². The second kappa shape index (κ2) is 6.16. The number of para-hydroxylation sites is 2. The molecule has 2 heterocycles. The first-order valence-corrected chi connectivity index (χ1v) is 9.70. The summed E-state index contributed by atoms with van der Waals surface area (Å²) in [5.41, 5.74) is 5.79. The van der Waals surface area contributed by atoms with Gasteiger partial charge in [-0.15, -0.1) is 0 Å². The molecule has 0 aliphatic heterocycles. The average molecular weight is 388 g/mol. The summed E-state index contributed by atoms with van der Waals surface area (Å²) < 4.78 is 12.6. The minimum Gasteiger partial charge on any atom is -0.455 e. The van der Waals surface area contributed by atoms with E-state index >= 15 is 0 Å². The summed E-state index contributed by atoms with van der Waals surface area (Å²) in [5.74, 6) is 0. The molecule has 4 nitrogen and oxygen atoms in total. The number of nitrogens with one attached hydrogen (secondary N) is 2. The van der Waals surface area contributed by atoms with Gasteiger partial charge in [0, 0.05) is 33.3 Å². The maximum atomic E-state index is 8.05. The summed E-state index contributed by atoms with van der Waals surface area (Å²) in [5, 5.41) is 19.7. The summed E-state index contributed by atoms with van der Waals surface area (Å²) in [4.78, 5) is 0. The van der Waals surface area contributed by atoms with Crippen molar-refractivity contribution in [3.05, 3.63) is 84.4 Å². The van der Waals surface area contributed by atoms with Gasteiger partial charge < -0.3 is 14.2 Å². The fourth-order valence-corrected chi connectivity index (χ4v) is 4.22. The van der Waals surface area contributed by atoms with Gasteiger partial charge in [0.15, 0.2) is 0 Å². The summed E-state index contributed by atoms with van der Waals surface area (Å²) in [6.45, 7) is 0. The second-order valence-corrected chi connectivity index (χ2v) is 7.34. The number of rotatable bonds is 3. The van der Waals surface area contributed by atoms with Crippen LogP contribution in [0.1, 0.15) is 5.56 Å². The number of benzene rings is 4. The molecule has 2 N–H and O–H groups in total. The third-order valence-corrected chi connectivity index (χ3v) is 5.62. The summed E-state index contributed by atoms with van der Waals surface area (Å²) in [6.07, 6.45) is 1.05. The molecule has 0 bridgehead atoms. The van der Waals surface area contributed by atoms with Crippen LogP contribution in [-0.2, 0) is 0 Å². The van der Waals surface area contributed by atoms with Crippen LogP contribution in [0.2, 0.25) is 0 Å². The first-order chi connectivity index (χ1) is 14.7. The molecular formula is C26H16N2O2. The smallest absolute Gasteiger partial charge is 0.147 e. The standard InChI is InChI=1S/C26H16N2O2/c27-14-21(28)15-6-5-7-16(12-15)24-25-19(17-8-1-3-10-22(17)29-25)13-20-18-9-2-4-11-23(18)30-26(20)24/h1-14,27-28H. The minimum atomic E-state index is 0.162. The van der Waals surface area contributed by atoms with Crippen LogP contribution in [0.4, 0.5) is 0 Å². The van der Waals surface area contributed by atoms with Gasteiger partial charge in [0.25, 0.3) is 0 Å². The molecule has 6 rings (SSSR count). The summed E-state index contributed by atoms with van der Waals surface area (Å²) >= 11 is 0. The number of hydrogen-bond acceptors (Lipinski definition) is 4. The predicted molar refractivity (Wildman–Crippen MR) is 122 cm³/mol. The number of furan rings is 2. The lowest BCUT2D eigenvalue weighted by molar-refractivity contribution is 0.658. The van der Waals surface area contributed by atoms with Gasteiger partial charge in [-0.25, -0.2) is 0 Å². The van der Waals surface area contributed by atoms with Gasteiger partial charge in [0.05, 0.1) is 11.3 Å². The Kier molecular flexibility index (Phi) is 3.44. The number of hydrogen-bond donors (Lipinski definition) is 2. The topological polar surface area (TPSA) is 74.0 Å². The van der Waals surface area contributed by atoms with Gasteiger partial charge in [-0.1, -0.05) is 54.6 Å². The van der Waals surface area contributed by atoms with Gasteiger partial charge in [-0.2, -0.15) is 0 Å². The van der Waals surface area contributed by atoms with Gasteiger partial charge in [-0.05, 0) is 29.8 Å². The quantitative estimate of drug-likeness (QED) is 0.315. The van der Waals surface area contributed by atoms with Crippen molar-refractivity contribution in [1.29, 1.82) is 10.8 Å². The first kappa shape index (κ1) is 16.7. The Morgan fingerprint density at radius 2 is 1.27 bits per heavy atom. The van der Waals surface area contributed by atoms with Crippen LogP contribution in [0.15, 0.2) is 87.7 Å². The molecule has 30 heavy (non-hydrogen) atoms. The van der Waals surface area contributed by atoms with Crippen LogP contribution < -0.4 is 0 Å². The highest BCUT2D eigenvalue weighted by molar-refractivity contribution is 6.36. The molecule has 0 radical (unpaired) electrons. The minimum absolute atomic E-state index is 0.162. The van der Waals surface area contributed by atoms with Crippen LogP contribution in [0, 0.1) is 10.8 Å². The van der Waals surface area contributed by atoms with Crippen molar-refractivity contribution in [3.8, 4) is 11.1 Å². The highest BCUT2D eigenvalue weighted by Gasteiger charge is 2.21. The zero-order valence-corrected chi connectivity index (χ0v) is 15.9. The van der Waals surface area contributed by atoms with E-state index in [1.165, 1.54) is 0 Å². The highest BCUT2D eigenvalue weighted by atomic mass is 16.3. The molecule has 0 unspecified atom stereocenters. The molecule has 0 amide bonds. The Balaban J connectivity index is 1.82. The number of fused-ring (bicyclic) bond motifs is 6. The average Bonchev–Trinajstić information content (AvgIpc) is 3.35. The molecule has 6 aromatic rings. The van der Waals surface area contributed by atoms with E-state index in [0.717, 1.165) is 61.2 Å². The van der Waals surface area contributed by atoms with Gasteiger partial charge in [0.2, 0.25) is 0 Å². The van der Waals surface area contributed by atoms with Crippen LogP contribution >= 0.6 is 0 Å². The second-order valence-electron chi connectivity index (χ2n) is 7.34. The third kappa shape index (κ3) is 2.28. The lowest BCUT2D eigenvalue weighted by Gasteiger charge is -2.07. The lowest BCUT2D eigenvalue weighted by atomic mass is 9.96. The molecule has 0 saturated carbocycles. The lowest BCUT2D eigenvalue weighted by Crippen LogP contribution is -1.99. The Bertz CT molecular complexity index is 1550. The van der Waals surface area contributed by atoms with Crippen LogP contribution in [0.5, 0.6) is 0 Å². The van der Waals surface area contributed by atoms with Crippen molar-refractivity contribution in [2.24, 2.45) is 0 Å². The SMILES string of the molecule is N=CC(=N)c1cccc(-c2c3oc4ccccc4c3cc3c2oc2ccccc23)c1. The highest BCUT2D eigenvalue weighted by Crippen LogP contribution is 2.44. The van der Waals surface area contributed by atoms with Crippen molar-refractivity contribution in [1.82, 2.24) is 0 Å². The first-order valence-electron chi connectivity index (χ1n) is 9.70. The van der Waals surface area contributed by atoms with E-state index in [1.807, 2.05) is 60.7 Å². The molecular weight excluding hydrogens is 372 g/mol. The van der Waals surface area contributed by atoms with E-state index in [2.05, 4.69) is 18.2 Å². The van der Waals surface area contributed by atoms with Crippen molar-refractivity contribution in [2.75, 3.05) is 0 Å². The zero-order valence-electron chi connectivity index (χ0n) is 15.9. The molecule has 0 fully saturated rings. The monoisotopic (exact) mass is 388 g/mol. The van der Waals surface area contributed by atoms with Crippen molar-refractivity contribution >= 4 is 55.8 Å². The van der Waals surface area contributed by atoms with E-state index in [4.69, 9.17) is 19.7 Å². The predicted octanol–water partition coefficient (Wildman–Crippen LogP) is 7.17. The molecule has 0 atom stereocenters. The Morgan fingerprint density at radius 1 is 0.667 bits per heavy atom. The van der Waals surface area contributed by atoms with E-state index in [0.29, 0.717) is 5.56 Å². The Hall–Kier alpha value is -4.18. The van der Waals surface area contributed by atoms with E-state index < -0.39 is 0 Å². The summed E-state index contributed by atoms with van der Waals surface area (Å²) in [7, 11) is 0. The Morgan fingerprint density at radius 3 is 1.87 bits per heavy atom. The largest absolute Gasteiger partial charge is 0.455 e. The fourth-order valence-electron chi connectivity index (χ4n) is 4.22. The van der Waals surface area contributed by atoms with Crippen LogP contribution in [0.25, 0.3) is 55.0 Å². The third-order valence-electron chi connectivity index (χ3n) is 5.62. The van der Waals surface area contributed by atoms with Crippen LogP contribution in [0.3, 0.4) is 0 Å². The zero-order chi connectivity index (χ0) is 20.2. The molecule has 0 aliphatic carbocycles. The molecule has 0 saturated heterocycles. The molecule has 4 heteroatoms. The molecule has 0 aliphatic rings. The van der Waals surface area contributed by atoms with Crippen molar-refractivity contribution < 1.29 is 8.83 Å². The molecule has 0 spiro atoms. The van der Waals surface area contributed by atoms with E-state index in [-0.39, 0.29) is 5.71 Å². The summed E-state index contributed by atoms with van der Waals surface area (Å²) in [6, 6.07) is 25.9. The normalized spacial score (nSPS) is 11.6. The maximum absolute atomic E-state index is 8.05. The van der Waals surface area contributed by atoms with Gasteiger partial charge in [-0.3, -0.25) is 5.41 Å². The van der Waals surface area contributed by atoms with Crippen molar-refractivity contribution in [2.45, 2.75) is 0 Å². The van der Waals surface area contributed by atoms with Crippen molar-refractivity contribution in [3.63, 3.8) is 0 Å². The van der Waals surface area contributed by atoms with E-state index in [1.54, 1.807) is 0 Å². The van der Waals surface area contributed by atoms with Gasteiger partial charge >= 0.3 is 0 Å². The maximum Gasteiger partial charge on any atom is 0.147 e. The van der Waals surface area contributed by atoms with E-state index in [9.17, 15) is 0 Å².